The third-order valence-electron chi connectivity index (χ3n) is 3.22. The number of carbonyl (C=O) groups excluding carboxylic acids is 1. The van der Waals surface area contributed by atoms with Gasteiger partial charge < -0.3 is 5.32 Å². The summed E-state index contributed by atoms with van der Waals surface area (Å²) < 4.78 is 36.4. The van der Waals surface area contributed by atoms with Gasteiger partial charge >= 0.3 is 0 Å². The molecule has 1 aliphatic heterocycles. The van der Waals surface area contributed by atoms with Crippen LogP contribution in [-0.4, -0.2) is 31.9 Å². The minimum Gasteiger partial charge on any atom is -0.348 e. The standard InChI is InChI=1S/C14H12ClFN2O3S/c15-12-2-1-3-13(16)11(12)6-9(7-17)14(19)18-10-4-5-22(20,21)8-10/h1-3,6,10H,4-5,8H2,(H,18,19)/b9-6+/t10-/m0/s1. The fourth-order valence-corrected chi connectivity index (χ4v) is 4.00. The summed E-state index contributed by atoms with van der Waals surface area (Å²) in [4.78, 5) is 12.0. The van der Waals surface area contributed by atoms with Gasteiger partial charge in [-0.3, -0.25) is 4.79 Å². The van der Waals surface area contributed by atoms with Crippen LogP contribution in [0.3, 0.4) is 0 Å². The van der Waals surface area contributed by atoms with Crippen LogP contribution in [0.25, 0.3) is 6.08 Å². The van der Waals surface area contributed by atoms with Gasteiger partial charge in [0.2, 0.25) is 0 Å². The van der Waals surface area contributed by atoms with Crippen LogP contribution in [0.2, 0.25) is 5.02 Å². The van der Waals surface area contributed by atoms with Gasteiger partial charge in [-0.1, -0.05) is 17.7 Å². The van der Waals surface area contributed by atoms with Crippen LogP contribution in [0, 0.1) is 17.1 Å². The first-order valence-corrected chi connectivity index (χ1v) is 8.59. The second-order valence-electron chi connectivity index (χ2n) is 4.88. The van der Waals surface area contributed by atoms with E-state index >= 15 is 0 Å². The number of amides is 1. The lowest BCUT2D eigenvalue weighted by atomic mass is 10.1. The van der Waals surface area contributed by atoms with E-state index in [9.17, 15) is 17.6 Å². The van der Waals surface area contributed by atoms with Gasteiger partial charge in [-0.15, -0.1) is 0 Å². The number of rotatable bonds is 3. The largest absolute Gasteiger partial charge is 0.348 e. The molecule has 0 saturated carbocycles. The highest BCUT2D eigenvalue weighted by atomic mass is 35.5. The van der Waals surface area contributed by atoms with Crippen LogP contribution in [-0.2, 0) is 14.6 Å². The van der Waals surface area contributed by atoms with Crippen molar-refractivity contribution >= 4 is 33.4 Å². The molecule has 1 aromatic rings. The Labute approximate surface area is 132 Å². The number of nitrogens with zero attached hydrogens (tertiary/aromatic N) is 1. The number of sulfone groups is 1. The first kappa shape index (κ1) is 16.5. The van der Waals surface area contributed by atoms with Crippen molar-refractivity contribution in [2.45, 2.75) is 12.5 Å². The zero-order valence-corrected chi connectivity index (χ0v) is 12.9. The molecular weight excluding hydrogens is 331 g/mol. The maximum atomic E-state index is 13.7. The molecule has 1 N–H and O–H groups in total. The first-order chi connectivity index (χ1) is 10.3. The summed E-state index contributed by atoms with van der Waals surface area (Å²) in [6, 6.07) is 5.14. The molecule has 1 amide bonds. The average Bonchev–Trinajstić information content (AvgIpc) is 2.77. The lowest BCUT2D eigenvalue weighted by Crippen LogP contribution is -2.36. The minimum atomic E-state index is -3.14. The summed E-state index contributed by atoms with van der Waals surface area (Å²) in [7, 11) is -3.14. The molecule has 0 spiro atoms. The van der Waals surface area contributed by atoms with Crippen molar-refractivity contribution in [1.29, 1.82) is 5.26 Å². The topological polar surface area (TPSA) is 87.0 Å². The molecule has 5 nitrogen and oxygen atoms in total. The van der Waals surface area contributed by atoms with Gasteiger partial charge in [-0.2, -0.15) is 5.26 Å². The minimum absolute atomic E-state index is 0.00267. The monoisotopic (exact) mass is 342 g/mol. The fourth-order valence-electron chi connectivity index (χ4n) is 2.11. The predicted molar refractivity (Wildman–Crippen MR) is 80.2 cm³/mol. The van der Waals surface area contributed by atoms with Gasteiger partial charge in [-0.25, -0.2) is 12.8 Å². The molecule has 22 heavy (non-hydrogen) atoms. The van der Waals surface area contributed by atoms with E-state index in [0.29, 0.717) is 6.42 Å². The van der Waals surface area contributed by atoms with Crippen molar-refractivity contribution in [1.82, 2.24) is 5.32 Å². The molecular formula is C14H12ClFN2O3S. The molecule has 8 heteroatoms. The lowest BCUT2D eigenvalue weighted by molar-refractivity contribution is -0.117. The number of hydrogen-bond acceptors (Lipinski definition) is 4. The molecule has 0 unspecified atom stereocenters. The van der Waals surface area contributed by atoms with Gasteiger partial charge in [0, 0.05) is 11.6 Å². The van der Waals surface area contributed by atoms with Crippen molar-refractivity contribution < 1.29 is 17.6 Å². The summed E-state index contributed by atoms with van der Waals surface area (Å²) in [5, 5.41) is 11.6. The van der Waals surface area contributed by atoms with Crippen molar-refractivity contribution in [2.75, 3.05) is 11.5 Å². The van der Waals surface area contributed by atoms with Gasteiger partial charge in [0.15, 0.2) is 9.84 Å². The predicted octanol–water partition coefficient (Wildman–Crippen LogP) is 1.69. The highest BCUT2D eigenvalue weighted by molar-refractivity contribution is 7.91. The van der Waals surface area contributed by atoms with Crippen LogP contribution < -0.4 is 5.32 Å². The van der Waals surface area contributed by atoms with Crippen LogP contribution in [0.1, 0.15) is 12.0 Å². The van der Waals surface area contributed by atoms with Gasteiger partial charge in [-0.05, 0) is 24.6 Å². The van der Waals surface area contributed by atoms with E-state index in [1.165, 1.54) is 12.1 Å². The molecule has 1 aromatic carbocycles. The van der Waals surface area contributed by atoms with Crippen molar-refractivity contribution in [3.63, 3.8) is 0 Å². The number of halogens is 2. The van der Waals surface area contributed by atoms with E-state index in [1.54, 1.807) is 6.07 Å². The summed E-state index contributed by atoms with van der Waals surface area (Å²) >= 11 is 5.84. The Morgan fingerprint density at radius 1 is 1.50 bits per heavy atom. The number of carbonyl (C=O) groups is 1. The molecule has 0 aromatic heterocycles. The van der Waals surface area contributed by atoms with Crippen LogP contribution in [0.4, 0.5) is 4.39 Å². The van der Waals surface area contributed by atoms with E-state index < -0.39 is 27.6 Å². The van der Waals surface area contributed by atoms with Gasteiger partial charge in [0.05, 0.1) is 16.5 Å². The average molecular weight is 343 g/mol. The maximum absolute atomic E-state index is 13.7. The Kier molecular flexibility index (Phi) is 4.84. The Hall–Kier alpha value is -1.91. The fraction of sp³-hybridized carbons (Fsp3) is 0.286. The smallest absolute Gasteiger partial charge is 0.262 e. The normalized spacial score (nSPS) is 20.4. The summed E-state index contributed by atoms with van der Waals surface area (Å²) in [6.07, 6.45) is 1.35. The number of nitrogens with one attached hydrogen (secondary N) is 1. The lowest BCUT2D eigenvalue weighted by Gasteiger charge is -2.10. The molecule has 2 rings (SSSR count). The highest BCUT2D eigenvalue weighted by Crippen LogP contribution is 2.22. The van der Waals surface area contributed by atoms with Crippen molar-refractivity contribution in [2.24, 2.45) is 0 Å². The highest BCUT2D eigenvalue weighted by Gasteiger charge is 2.29. The third-order valence-corrected chi connectivity index (χ3v) is 5.32. The molecule has 1 fully saturated rings. The molecule has 0 bridgehead atoms. The zero-order valence-electron chi connectivity index (χ0n) is 11.3. The van der Waals surface area contributed by atoms with E-state index in [0.717, 1.165) is 12.1 Å². The van der Waals surface area contributed by atoms with E-state index in [2.05, 4.69) is 5.32 Å². The summed E-state index contributed by atoms with van der Waals surface area (Å²) in [6.45, 7) is 0. The van der Waals surface area contributed by atoms with Crippen molar-refractivity contribution in [3.05, 3.63) is 40.2 Å². The Morgan fingerprint density at radius 3 is 2.77 bits per heavy atom. The van der Waals surface area contributed by atoms with Gasteiger partial charge in [0.25, 0.3) is 5.91 Å². The number of hydrogen-bond donors (Lipinski definition) is 1. The van der Waals surface area contributed by atoms with Crippen LogP contribution in [0.15, 0.2) is 23.8 Å². The van der Waals surface area contributed by atoms with Crippen LogP contribution >= 0.6 is 11.6 Å². The van der Waals surface area contributed by atoms with E-state index in [4.69, 9.17) is 16.9 Å². The summed E-state index contributed by atoms with van der Waals surface area (Å²) in [5.41, 5.74) is -0.397. The number of benzene rings is 1. The molecule has 1 aliphatic rings. The molecule has 1 heterocycles. The summed E-state index contributed by atoms with van der Waals surface area (Å²) in [5.74, 6) is -1.55. The zero-order chi connectivity index (χ0) is 16.3. The SMILES string of the molecule is N#C/C(=C\c1c(F)cccc1Cl)C(=O)N[C@H]1CCS(=O)(=O)C1. The quantitative estimate of drug-likeness (QED) is 0.669. The van der Waals surface area contributed by atoms with Gasteiger partial charge in [0.1, 0.15) is 17.5 Å². The Bertz CT molecular complexity index is 764. The molecule has 0 radical (unpaired) electrons. The number of nitriles is 1. The van der Waals surface area contributed by atoms with E-state index in [1.807, 2.05) is 0 Å². The molecule has 0 aliphatic carbocycles. The maximum Gasteiger partial charge on any atom is 0.262 e. The first-order valence-electron chi connectivity index (χ1n) is 6.39. The van der Waals surface area contributed by atoms with Crippen molar-refractivity contribution in [3.8, 4) is 6.07 Å². The second-order valence-corrected chi connectivity index (χ2v) is 7.51. The van der Waals surface area contributed by atoms with Crippen LogP contribution in [0.5, 0.6) is 0 Å². The Balaban J connectivity index is 2.20. The second kappa shape index (κ2) is 6.46. The molecule has 1 atom stereocenters. The third kappa shape index (κ3) is 3.84. The van der Waals surface area contributed by atoms with E-state index in [-0.39, 0.29) is 27.7 Å². The molecule has 1 saturated heterocycles. The molecule has 116 valence electrons. The Morgan fingerprint density at radius 2 is 2.23 bits per heavy atom.